The van der Waals surface area contributed by atoms with Crippen molar-refractivity contribution in [2.24, 2.45) is 0 Å². The molecule has 0 saturated carbocycles. The molecule has 22 heavy (non-hydrogen) atoms. The molecule has 5 heteroatoms. The Hall–Kier alpha value is -2.17. The summed E-state index contributed by atoms with van der Waals surface area (Å²) >= 11 is 7.31. The van der Waals surface area contributed by atoms with Crippen molar-refractivity contribution in [1.82, 2.24) is 10.3 Å². The number of carbonyl (C=O) groups is 1. The molecule has 1 N–H and O–H groups in total. The maximum Gasteiger partial charge on any atom is 0.271 e. The van der Waals surface area contributed by atoms with Crippen LogP contribution in [0, 0.1) is 0 Å². The fraction of sp³-hybridized carbons (Fsp3) is 0.0588. The number of thiazole rings is 1. The SMILES string of the molecule is O=C(NCc1ccc(Cl)cc1)c1ncsc1-c1ccccc1. The zero-order valence-electron chi connectivity index (χ0n) is 11.6. The summed E-state index contributed by atoms with van der Waals surface area (Å²) in [6, 6.07) is 17.2. The highest BCUT2D eigenvalue weighted by molar-refractivity contribution is 7.13. The van der Waals surface area contributed by atoms with E-state index in [1.54, 1.807) is 17.6 Å². The minimum atomic E-state index is -0.171. The lowest BCUT2D eigenvalue weighted by molar-refractivity contribution is 0.0947. The van der Waals surface area contributed by atoms with Crippen LogP contribution in [0.2, 0.25) is 5.02 Å². The van der Waals surface area contributed by atoms with E-state index in [1.165, 1.54) is 11.3 Å². The first-order valence-electron chi connectivity index (χ1n) is 6.75. The Labute approximate surface area is 137 Å². The van der Waals surface area contributed by atoms with Gasteiger partial charge in [0.25, 0.3) is 5.91 Å². The number of hydrogen-bond acceptors (Lipinski definition) is 3. The fourth-order valence-corrected chi connectivity index (χ4v) is 2.99. The number of carbonyl (C=O) groups excluding carboxylic acids is 1. The molecular formula is C17H13ClN2OS. The quantitative estimate of drug-likeness (QED) is 0.771. The van der Waals surface area contributed by atoms with Crippen LogP contribution in [0.4, 0.5) is 0 Å². The average Bonchev–Trinajstić information content (AvgIpc) is 3.04. The van der Waals surface area contributed by atoms with Gasteiger partial charge < -0.3 is 5.32 Å². The van der Waals surface area contributed by atoms with Gasteiger partial charge >= 0.3 is 0 Å². The molecule has 0 fully saturated rings. The minimum Gasteiger partial charge on any atom is -0.347 e. The summed E-state index contributed by atoms with van der Waals surface area (Å²) in [5.41, 5.74) is 4.15. The lowest BCUT2D eigenvalue weighted by atomic mass is 10.1. The average molecular weight is 329 g/mol. The Morgan fingerprint density at radius 3 is 2.55 bits per heavy atom. The van der Waals surface area contributed by atoms with E-state index in [2.05, 4.69) is 10.3 Å². The maximum absolute atomic E-state index is 12.3. The van der Waals surface area contributed by atoms with Gasteiger partial charge in [0.2, 0.25) is 0 Å². The van der Waals surface area contributed by atoms with Crippen LogP contribution in [0.1, 0.15) is 16.1 Å². The van der Waals surface area contributed by atoms with Crippen molar-refractivity contribution in [3.8, 4) is 10.4 Å². The van der Waals surface area contributed by atoms with Crippen LogP contribution in [0.5, 0.6) is 0 Å². The predicted molar refractivity (Wildman–Crippen MR) is 90.2 cm³/mol. The summed E-state index contributed by atoms with van der Waals surface area (Å²) in [7, 11) is 0. The van der Waals surface area contributed by atoms with Crippen LogP contribution in [0.3, 0.4) is 0 Å². The van der Waals surface area contributed by atoms with Gasteiger partial charge in [0.1, 0.15) is 5.69 Å². The van der Waals surface area contributed by atoms with Crippen molar-refractivity contribution < 1.29 is 4.79 Å². The van der Waals surface area contributed by atoms with Crippen LogP contribution >= 0.6 is 22.9 Å². The Bertz CT molecular complexity index is 769. The highest BCUT2D eigenvalue weighted by Crippen LogP contribution is 2.27. The molecule has 3 rings (SSSR count). The molecule has 0 aliphatic carbocycles. The molecular weight excluding hydrogens is 316 g/mol. The molecule has 0 spiro atoms. The number of aromatic nitrogens is 1. The molecule has 3 aromatic rings. The van der Waals surface area contributed by atoms with E-state index < -0.39 is 0 Å². The number of amides is 1. The van der Waals surface area contributed by atoms with Gasteiger partial charge in [-0.3, -0.25) is 4.79 Å². The van der Waals surface area contributed by atoms with Gasteiger partial charge in [-0.1, -0.05) is 54.1 Å². The number of nitrogens with zero attached hydrogens (tertiary/aromatic N) is 1. The van der Waals surface area contributed by atoms with E-state index >= 15 is 0 Å². The van der Waals surface area contributed by atoms with Crippen LogP contribution in [-0.2, 0) is 6.54 Å². The molecule has 1 amide bonds. The maximum atomic E-state index is 12.3. The molecule has 1 heterocycles. The number of nitrogens with one attached hydrogen (secondary N) is 1. The first-order valence-corrected chi connectivity index (χ1v) is 8.01. The van der Waals surface area contributed by atoms with Crippen molar-refractivity contribution in [3.63, 3.8) is 0 Å². The van der Waals surface area contributed by atoms with Gasteiger partial charge in [0, 0.05) is 11.6 Å². The Morgan fingerprint density at radius 2 is 1.82 bits per heavy atom. The van der Waals surface area contributed by atoms with Gasteiger partial charge in [-0.25, -0.2) is 4.98 Å². The van der Waals surface area contributed by atoms with Crippen molar-refractivity contribution in [1.29, 1.82) is 0 Å². The van der Waals surface area contributed by atoms with Crippen LogP contribution in [0.25, 0.3) is 10.4 Å². The topological polar surface area (TPSA) is 42.0 Å². The second-order valence-corrected chi connectivity index (χ2v) is 6.00. The molecule has 3 nitrogen and oxygen atoms in total. The summed E-state index contributed by atoms with van der Waals surface area (Å²) < 4.78 is 0. The number of rotatable bonds is 4. The molecule has 0 radical (unpaired) electrons. The molecule has 0 unspecified atom stereocenters. The molecule has 0 atom stereocenters. The Morgan fingerprint density at radius 1 is 1.09 bits per heavy atom. The van der Waals surface area contributed by atoms with E-state index in [0.717, 1.165) is 16.0 Å². The summed E-state index contributed by atoms with van der Waals surface area (Å²) in [5.74, 6) is -0.171. The normalized spacial score (nSPS) is 10.4. The standard InChI is InChI=1S/C17H13ClN2OS/c18-14-8-6-12(7-9-14)10-19-17(21)15-16(22-11-20-15)13-4-2-1-3-5-13/h1-9,11H,10H2,(H,19,21). The van der Waals surface area contributed by atoms with Gasteiger partial charge in [-0.2, -0.15) is 0 Å². The van der Waals surface area contributed by atoms with Crippen LogP contribution < -0.4 is 5.32 Å². The van der Waals surface area contributed by atoms with Crippen LogP contribution in [-0.4, -0.2) is 10.9 Å². The lowest BCUT2D eigenvalue weighted by Gasteiger charge is -2.06. The highest BCUT2D eigenvalue weighted by Gasteiger charge is 2.15. The summed E-state index contributed by atoms with van der Waals surface area (Å²) in [6.07, 6.45) is 0. The lowest BCUT2D eigenvalue weighted by Crippen LogP contribution is -2.23. The highest BCUT2D eigenvalue weighted by atomic mass is 35.5. The van der Waals surface area contributed by atoms with Gasteiger partial charge in [0.05, 0.1) is 10.4 Å². The van der Waals surface area contributed by atoms with Crippen LogP contribution in [0.15, 0.2) is 60.1 Å². The summed E-state index contributed by atoms with van der Waals surface area (Å²) in [4.78, 5) is 17.4. The molecule has 1 aromatic heterocycles. The van der Waals surface area contributed by atoms with E-state index in [1.807, 2.05) is 42.5 Å². The third kappa shape index (κ3) is 3.35. The molecule has 0 saturated heterocycles. The number of halogens is 1. The zero-order chi connectivity index (χ0) is 15.4. The van der Waals surface area contributed by atoms with E-state index in [-0.39, 0.29) is 5.91 Å². The van der Waals surface area contributed by atoms with Gasteiger partial charge in [-0.15, -0.1) is 11.3 Å². The van der Waals surface area contributed by atoms with Crippen molar-refractivity contribution in [2.45, 2.75) is 6.54 Å². The van der Waals surface area contributed by atoms with E-state index in [4.69, 9.17) is 11.6 Å². The largest absolute Gasteiger partial charge is 0.347 e. The summed E-state index contributed by atoms with van der Waals surface area (Å²) in [6.45, 7) is 0.446. The Balaban J connectivity index is 1.73. The van der Waals surface area contributed by atoms with E-state index in [0.29, 0.717) is 17.3 Å². The molecule has 0 aliphatic heterocycles. The smallest absolute Gasteiger partial charge is 0.271 e. The molecule has 2 aromatic carbocycles. The fourth-order valence-electron chi connectivity index (χ4n) is 2.07. The molecule has 0 aliphatic rings. The monoisotopic (exact) mass is 328 g/mol. The third-order valence-corrected chi connectivity index (χ3v) is 4.31. The van der Waals surface area contributed by atoms with Crippen molar-refractivity contribution >= 4 is 28.8 Å². The zero-order valence-corrected chi connectivity index (χ0v) is 13.2. The third-order valence-electron chi connectivity index (χ3n) is 3.18. The van der Waals surface area contributed by atoms with E-state index in [9.17, 15) is 4.79 Å². The second kappa shape index (κ2) is 6.73. The number of benzene rings is 2. The molecule has 110 valence electrons. The Kier molecular flexibility index (Phi) is 4.51. The minimum absolute atomic E-state index is 0.171. The molecule has 0 bridgehead atoms. The van der Waals surface area contributed by atoms with Gasteiger partial charge in [-0.05, 0) is 23.3 Å². The number of hydrogen-bond donors (Lipinski definition) is 1. The first kappa shape index (κ1) is 14.8. The predicted octanol–water partition coefficient (Wildman–Crippen LogP) is 4.39. The van der Waals surface area contributed by atoms with Crippen molar-refractivity contribution in [2.75, 3.05) is 0 Å². The van der Waals surface area contributed by atoms with Gasteiger partial charge in [0.15, 0.2) is 0 Å². The second-order valence-electron chi connectivity index (χ2n) is 4.71. The summed E-state index contributed by atoms with van der Waals surface area (Å²) in [5, 5.41) is 3.57. The van der Waals surface area contributed by atoms with Crippen molar-refractivity contribution in [3.05, 3.63) is 76.4 Å². The first-order chi connectivity index (χ1) is 10.7.